The fraction of sp³-hybridized carbons (Fsp3) is 0.480. The van der Waals surface area contributed by atoms with E-state index in [4.69, 9.17) is 5.11 Å². The topological polar surface area (TPSA) is 52.6 Å². The lowest BCUT2D eigenvalue weighted by molar-refractivity contribution is -0.130. The molecule has 1 heterocycles. The summed E-state index contributed by atoms with van der Waals surface area (Å²) in [5, 5.41) is 12.1. The van der Waals surface area contributed by atoms with E-state index in [0.717, 1.165) is 25.9 Å². The van der Waals surface area contributed by atoms with Gasteiger partial charge in [-0.25, -0.2) is 0 Å². The van der Waals surface area contributed by atoms with Crippen LogP contribution in [0, 0.1) is 5.41 Å². The fourth-order valence-corrected chi connectivity index (χ4v) is 5.09. The Hall–Kier alpha value is -2.17. The number of aliphatic hydroxyl groups excluding tert-OH is 1. The second-order valence-electron chi connectivity index (χ2n) is 8.66. The Morgan fingerprint density at radius 1 is 1.03 bits per heavy atom. The standard InChI is InChI=1S/C25H32N2O2/c28-17-15-26-24(29)25(14-16-27(19-25)23-8-4-5-9-23)18-20-10-12-22(13-11-20)21-6-2-1-3-7-21/h1-3,6-7,10-13,23,28H,4-5,8-9,14-19H2,(H,26,29). The number of carbonyl (C=O) groups excluding carboxylic acids is 1. The average Bonchev–Trinajstić information content (AvgIpc) is 3.44. The smallest absolute Gasteiger partial charge is 0.227 e. The van der Waals surface area contributed by atoms with Crippen LogP contribution < -0.4 is 5.32 Å². The van der Waals surface area contributed by atoms with Crippen LogP contribution in [0.2, 0.25) is 0 Å². The van der Waals surface area contributed by atoms with Crippen molar-refractivity contribution in [2.75, 3.05) is 26.2 Å². The lowest BCUT2D eigenvalue weighted by Gasteiger charge is -2.30. The number of carbonyl (C=O) groups is 1. The molecule has 2 N–H and O–H groups in total. The van der Waals surface area contributed by atoms with E-state index in [9.17, 15) is 4.79 Å². The lowest BCUT2D eigenvalue weighted by atomic mass is 9.79. The van der Waals surface area contributed by atoms with Gasteiger partial charge >= 0.3 is 0 Å². The highest BCUT2D eigenvalue weighted by atomic mass is 16.3. The summed E-state index contributed by atoms with van der Waals surface area (Å²) in [7, 11) is 0. The van der Waals surface area contributed by atoms with Gasteiger partial charge in [-0.3, -0.25) is 9.69 Å². The van der Waals surface area contributed by atoms with Crippen LogP contribution in [0.15, 0.2) is 54.6 Å². The molecule has 1 unspecified atom stereocenters. The van der Waals surface area contributed by atoms with Crippen molar-refractivity contribution in [3.05, 3.63) is 60.2 Å². The van der Waals surface area contributed by atoms with E-state index in [1.54, 1.807) is 0 Å². The number of nitrogens with zero attached hydrogens (tertiary/aromatic N) is 1. The molecule has 2 aromatic rings. The third-order valence-electron chi connectivity index (χ3n) is 6.71. The molecule has 29 heavy (non-hydrogen) atoms. The van der Waals surface area contributed by atoms with Crippen molar-refractivity contribution in [3.63, 3.8) is 0 Å². The molecule has 2 fully saturated rings. The summed E-state index contributed by atoms with van der Waals surface area (Å²) in [5.74, 6) is 0.0965. The number of amides is 1. The van der Waals surface area contributed by atoms with Crippen molar-refractivity contribution in [2.24, 2.45) is 5.41 Å². The Labute approximate surface area is 173 Å². The molecule has 0 bridgehead atoms. The Kier molecular flexibility index (Phi) is 6.31. The first-order valence-electron chi connectivity index (χ1n) is 11.0. The molecule has 1 saturated heterocycles. The molecule has 0 spiro atoms. The molecule has 1 atom stereocenters. The molecule has 4 heteroatoms. The van der Waals surface area contributed by atoms with Gasteiger partial charge in [-0.2, -0.15) is 0 Å². The van der Waals surface area contributed by atoms with Gasteiger partial charge in [0.05, 0.1) is 12.0 Å². The van der Waals surface area contributed by atoms with Gasteiger partial charge in [-0.05, 0) is 48.9 Å². The molecule has 2 aliphatic rings. The number of hydrogen-bond acceptors (Lipinski definition) is 3. The summed E-state index contributed by atoms with van der Waals surface area (Å²) < 4.78 is 0. The zero-order valence-electron chi connectivity index (χ0n) is 17.1. The predicted molar refractivity (Wildman–Crippen MR) is 117 cm³/mol. The van der Waals surface area contributed by atoms with Gasteiger partial charge in [0, 0.05) is 19.1 Å². The molecule has 154 valence electrons. The summed E-state index contributed by atoms with van der Waals surface area (Å²) in [5.41, 5.74) is 3.22. The number of nitrogens with one attached hydrogen (secondary N) is 1. The first-order chi connectivity index (χ1) is 14.2. The maximum atomic E-state index is 13.1. The van der Waals surface area contributed by atoms with E-state index in [2.05, 4.69) is 58.7 Å². The van der Waals surface area contributed by atoms with Crippen molar-refractivity contribution >= 4 is 5.91 Å². The second kappa shape index (κ2) is 9.10. The third-order valence-corrected chi connectivity index (χ3v) is 6.71. The predicted octanol–water partition coefficient (Wildman–Crippen LogP) is 3.64. The first-order valence-corrected chi connectivity index (χ1v) is 11.0. The maximum Gasteiger partial charge on any atom is 0.227 e. The van der Waals surface area contributed by atoms with Gasteiger partial charge in [0.15, 0.2) is 0 Å². The van der Waals surface area contributed by atoms with Gasteiger partial charge in [0.2, 0.25) is 5.91 Å². The molecule has 2 aromatic carbocycles. The van der Waals surface area contributed by atoms with Crippen LogP contribution >= 0.6 is 0 Å². The van der Waals surface area contributed by atoms with Gasteiger partial charge in [-0.1, -0.05) is 67.4 Å². The normalized spacial score (nSPS) is 22.8. The average molecular weight is 393 g/mol. The Morgan fingerprint density at radius 3 is 2.41 bits per heavy atom. The number of likely N-dealkylation sites (tertiary alicyclic amines) is 1. The molecule has 0 aromatic heterocycles. The molecular formula is C25H32N2O2. The minimum Gasteiger partial charge on any atom is -0.395 e. The Morgan fingerprint density at radius 2 is 1.72 bits per heavy atom. The Balaban J connectivity index is 1.51. The van der Waals surface area contributed by atoms with Crippen LogP contribution in [0.4, 0.5) is 0 Å². The molecule has 1 saturated carbocycles. The van der Waals surface area contributed by atoms with E-state index in [1.807, 2.05) is 6.07 Å². The van der Waals surface area contributed by atoms with E-state index >= 15 is 0 Å². The van der Waals surface area contributed by atoms with E-state index < -0.39 is 5.41 Å². The molecule has 4 nitrogen and oxygen atoms in total. The molecule has 1 amide bonds. The van der Waals surface area contributed by atoms with E-state index in [1.165, 1.54) is 42.4 Å². The number of benzene rings is 2. The molecule has 1 aliphatic heterocycles. The largest absolute Gasteiger partial charge is 0.395 e. The van der Waals surface area contributed by atoms with Crippen LogP contribution in [0.5, 0.6) is 0 Å². The highest BCUT2D eigenvalue weighted by Gasteiger charge is 2.46. The van der Waals surface area contributed by atoms with Gasteiger partial charge in [0.1, 0.15) is 0 Å². The first kappa shape index (κ1) is 20.1. The summed E-state index contributed by atoms with van der Waals surface area (Å²) in [6.45, 7) is 2.14. The second-order valence-corrected chi connectivity index (χ2v) is 8.66. The minimum absolute atomic E-state index is 0.0140. The summed E-state index contributed by atoms with van der Waals surface area (Å²) in [4.78, 5) is 15.7. The van der Waals surface area contributed by atoms with Crippen molar-refractivity contribution in [1.29, 1.82) is 0 Å². The number of rotatable bonds is 7. The van der Waals surface area contributed by atoms with E-state index in [-0.39, 0.29) is 12.5 Å². The van der Waals surface area contributed by atoms with Crippen molar-refractivity contribution in [1.82, 2.24) is 10.2 Å². The summed E-state index contributed by atoms with van der Waals surface area (Å²) in [6.07, 6.45) is 6.79. The quantitative estimate of drug-likeness (QED) is 0.756. The number of aliphatic hydroxyl groups is 1. The number of hydrogen-bond donors (Lipinski definition) is 2. The molecule has 1 aliphatic carbocycles. The van der Waals surface area contributed by atoms with Crippen LogP contribution in [-0.2, 0) is 11.2 Å². The van der Waals surface area contributed by atoms with Crippen molar-refractivity contribution in [2.45, 2.75) is 44.6 Å². The molecular weight excluding hydrogens is 360 g/mol. The van der Waals surface area contributed by atoms with Crippen molar-refractivity contribution in [3.8, 4) is 11.1 Å². The minimum atomic E-state index is -0.397. The Bertz CT molecular complexity index is 799. The lowest BCUT2D eigenvalue weighted by Crippen LogP contribution is -2.46. The zero-order chi connectivity index (χ0) is 20.1. The molecule has 4 rings (SSSR count). The maximum absolute atomic E-state index is 13.1. The van der Waals surface area contributed by atoms with Crippen LogP contribution in [0.3, 0.4) is 0 Å². The van der Waals surface area contributed by atoms with E-state index in [0.29, 0.717) is 12.6 Å². The fourth-order valence-electron chi connectivity index (χ4n) is 5.09. The zero-order valence-corrected chi connectivity index (χ0v) is 17.1. The highest BCUT2D eigenvalue weighted by Crippen LogP contribution is 2.38. The van der Waals surface area contributed by atoms with Gasteiger partial charge < -0.3 is 10.4 Å². The third kappa shape index (κ3) is 4.54. The monoisotopic (exact) mass is 392 g/mol. The van der Waals surface area contributed by atoms with Crippen LogP contribution in [0.25, 0.3) is 11.1 Å². The SMILES string of the molecule is O=C(NCCO)C1(Cc2ccc(-c3ccccc3)cc2)CCN(C2CCCC2)C1. The van der Waals surface area contributed by atoms with Crippen LogP contribution in [-0.4, -0.2) is 48.2 Å². The molecule has 0 radical (unpaired) electrons. The highest BCUT2D eigenvalue weighted by molar-refractivity contribution is 5.83. The van der Waals surface area contributed by atoms with Crippen molar-refractivity contribution < 1.29 is 9.90 Å². The van der Waals surface area contributed by atoms with Crippen LogP contribution in [0.1, 0.15) is 37.7 Å². The van der Waals surface area contributed by atoms with Gasteiger partial charge in [0.25, 0.3) is 0 Å². The summed E-state index contributed by atoms with van der Waals surface area (Å²) >= 11 is 0. The van der Waals surface area contributed by atoms with Gasteiger partial charge in [-0.15, -0.1) is 0 Å². The summed E-state index contributed by atoms with van der Waals surface area (Å²) in [6, 6.07) is 19.7.